The number of carbonyl (C=O) groups is 3. The Bertz CT molecular complexity index is 998. The number of imide groups is 1. The number of hydrogen-bond acceptors (Lipinski definition) is 3. The number of rotatable bonds is 5. The first kappa shape index (κ1) is 20.4. The van der Waals surface area contributed by atoms with Gasteiger partial charge in [0, 0.05) is 24.7 Å². The molecule has 2 aromatic carbocycles. The van der Waals surface area contributed by atoms with Gasteiger partial charge in [0.1, 0.15) is 29.5 Å². The first-order valence-electron chi connectivity index (χ1n) is 8.70. The van der Waals surface area contributed by atoms with E-state index < -0.39 is 47.4 Å². The molecule has 1 fully saturated rings. The standard InChI is InChI=1S/C20H18F3N3O3/c1-20(14-9-13(21)7-8-16(14)23)18(28)26(19(29)24-20)11-17(27)25(2)10-12-5-3-4-6-15(12)22/h3-9H,10-11H2,1-2H3,(H,24,29)/t20-/m1/s1. The summed E-state index contributed by atoms with van der Waals surface area (Å²) in [6.07, 6.45) is 0. The summed E-state index contributed by atoms with van der Waals surface area (Å²) < 4.78 is 41.5. The SMILES string of the molecule is CN(Cc1ccccc1F)C(=O)CN1C(=O)N[C@](C)(c2cc(F)ccc2F)C1=O. The zero-order valence-corrected chi connectivity index (χ0v) is 15.7. The van der Waals surface area contributed by atoms with Crippen LogP contribution in [0.3, 0.4) is 0 Å². The Labute approximate surface area is 164 Å². The van der Waals surface area contributed by atoms with Crippen LogP contribution in [-0.4, -0.2) is 41.2 Å². The van der Waals surface area contributed by atoms with E-state index in [0.29, 0.717) is 4.90 Å². The summed E-state index contributed by atoms with van der Waals surface area (Å²) in [7, 11) is 1.40. The molecule has 1 heterocycles. The van der Waals surface area contributed by atoms with Crippen LogP contribution in [0.1, 0.15) is 18.1 Å². The van der Waals surface area contributed by atoms with Crippen LogP contribution in [0.15, 0.2) is 42.5 Å². The molecule has 6 nitrogen and oxygen atoms in total. The molecule has 0 unspecified atom stereocenters. The molecule has 0 bridgehead atoms. The van der Waals surface area contributed by atoms with Crippen LogP contribution < -0.4 is 5.32 Å². The summed E-state index contributed by atoms with van der Waals surface area (Å²) in [6.45, 7) is 0.547. The quantitative estimate of drug-likeness (QED) is 0.778. The highest BCUT2D eigenvalue weighted by Gasteiger charge is 2.51. The number of carbonyl (C=O) groups excluding carboxylic acids is 3. The minimum Gasteiger partial charge on any atom is -0.340 e. The summed E-state index contributed by atoms with van der Waals surface area (Å²) >= 11 is 0. The fourth-order valence-electron chi connectivity index (χ4n) is 3.13. The molecular weight excluding hydrogens is 387 g/mol. The fourth-order valence-corrected chi connectivity index (χ4v) is 3.13. The van der Waals surface area contributed by atoms with Crippen molar-refractivity contribution in [2.24, 2.45) is 0 Å². The maximum absolute atomic E-state index is 14.2. The maximum Gasteiger partial charge on any atom is 0.325 e. The van der Waals surface area contributed by atoms with E-state index in [2.05, 4.69) is 5.32 Å². The topological polar surface area (TPSA) is 69.7 Å². The first-order valence-corrected chi connectivity index (χ1v) is 8.70. The monoisotopic (exact) mass is 405 g/mol. The zero-order chi connectivity index (χ0) is 21.3. The second-order valence-electron chi connectivity index (χ2n) is 6.91. The van der Waals surface area contributed by atoms with Gasteiger partial charge in [0.15, 0.2) is 0 Å². The van der Waals surface area contributed by atoms with Gasteiger partial charge in [0.05, 0.1) is 0 Å². The molecule has 3 rings (SSSR count). The largest absolute Gasteiger partial charge is 0.340 e. The Kier molecular flexibility index (Phi) is 5.32. The molecule has 0 aliphatic carbocycles. The second kappa shape index (κ2) is 7.57. The molecule has 0 aromatic heterocycles. The molecule has 0 radical (unpaired) electrons. The van der Waals surface area contributed by atoms with Gasteiger partial charge in [-0.2, -0.15) is 0 Å². The molecule has 1 atom stereocenters. The number of halogens is 3. The van der Waals surface area contributed by atoms with Gasteiger partial charge in [-0.05, 0) is 31.2 Å². The van der Waals surface area contributed by atoms with Gasteiger partial charge in [-0.25, -0.2) is 18.0 Å². The van der Waals surface area contributed by atoms with E-state index >= 15 is 0 Å². The van der Waals surface area contributed by atoms with Crippen molar-refractivity contribution in [1.82, 2.24) is 15.1 Å². The van der Waals surface area contributed by atoms with Crippen LogP contribution in [0.5, 0.6) is 0 Å². The zero-order valence-electron chi connectivity index (χ0n) is 15.7. The Balaban J connectivity index is 1.77. The van der Waals surface area contributed by atoms with E-state index in [1.807, 2.05) is 0 Å². The van der Waals surface area contributed by atoms with Crippen molar-refractivity contribution in [3.8, 4) is 0 Å². The van der Waals surface area contributed by atoms with E-state index in [9.17, 15) is 27.6 Å². The van der Waals surface area contributed by atoms with Gasteiger partial charge in [0.2, 0.25) is 5.91 Å². The normalized spacial score (nSPS) is 18.7. The highest BCUT2D eigenvalue weighted by Crippen LogP contribution is 2.31. The van der Waals surface area contributed by atoms with Crippen LogP contribution in [0, 0.1) is 17.5 Å². The molecule has 9 heteroatoms. The number of benzene rings is 2. The molecule has 1 N–H and O–H groups in total. The van der Waals surface area contributed by atoms with Crippen LogP contribution in [0.25, 0.3) is 0 Å². The summed E-state index contributed by atoms with van der Waals surface area (Å²) in [5.41, 5.74) is -1.93. The minimum atomic E-state index is -1.85. The van der Waals surface area contributed by atoms with Crippen molar-refractivity contribution in [1.29, 1.82) is 0 Å². The van der Waals surface area contributed by atoms with E-state index in [4.69, 9.17) is 0 Å². The van der Waals surface area contributed by atoms with Crippen molar-refractivity contribution < 1.29 is 27.6 Å². The number of nitrogens with one attached hydrogen (secondary N) is 1. The van der Waals surface area contributed by atoms with Gasteiger partial charge in [0.25, 0.3) is 5.91 Å². The second-order valence-corrected chi connectivity index (χ2v) is 6.91. The first-order chi connectivity index (χ1) is 13.6. The van der Waals surface area contributed by atoms with Crippen LogP contribution in [0.2, 0.25) is 0 Å². The molecule has 1 aliphatic rings. The van der Waals surface area contributed by atoms with Crippen LogP contribution in [0.4, 0.5) is 18.0 Å². The van der Waals surface area contributed by atoms with E-state index in [0.717, 1.165) is 23.1 Å². The van der Waals surface area contributed by atoms with Gasteiger partial charge >= 0.3 is 6.03 Å². The molecule has 0 saturated carbocycles. The van der Waals surface area contributed by atoms with Crippen LogP contribution >= 0.6 is 0 Å². The van der Waals surface area contributed by atoms with Crippen molar-refractivity contribution in [2.45, 2.75) is 19.0 Å². The highest BCUT2D eigenvalue weighted by atomic mass is 19.1. The minimum absolute atomic E-state index is 0.0645. The molecule has 2 aromatic rings. The van der Waals surface area contributed by atoms with Gasteiger partial charge < -0.3 is 10.2 Å². The highest BCUT2D eigenvalue weighted by molar-refractivity contribution is 6.09. The molecule has 152 valence electrons. The number of amides is 4. The Hall–Kier alpha value is -3.36. The third kappa shape index (κ3) is 3.80. The summed E-state index contributed by atoms with van der Waals surface area (Å²) in [5.74, 6) is -3.65. The molecular formula is C20H18F3N3O3. The van der Waals surface area contributed by atoms with Crippen molar-refractivity contribution in [2.75, 3.05) is 13.6 Å². The predicted octanol–water partition coefficient (Wildman–Crippen LogP) is 2.53. The van der Waals surface area contributed by atoms with Crippen molar-refractivity contribution in [3.05, 3.63) is 71.0 Å². The lowest BCUT2D eigenvalue weighted by Gasteiger charge is -2.23. The molecule has 1 aliphatic heterocycles. The van der Waals surface area contributed by atoms with Gasteiger partial charge in [-0.1, -0.05) is 18.2 Å². The third-order valence-corrected chi connectivity index (χ3v) is 4.83. The van der Waals surface area contributed by atoms with E-state index in [1.165, 1.54) is 32.2 Å². The third-order valence-electron chi connectivity index (χ3n) is 4.83. The Morgan fingerprint density at radius 1 is 1.10 bits per heavy atom. The van der Waals surface area contributed by atoms with E-state index in [1.54, 1.807) is 6.07 Å². The molecule has 1 saturated heterocycles. The number of likely N-dealkylation sites (N-methyl/N-ethyl adjacent to an activating group) is 1. The molecule has 0 spiro atoms. The predicted molar refractivity (Wildman–Crippen MR) is 96.8 cm³/mol. The van der Waals surface area contributed by atoms with Crippen LogP contribution in [-0.2, 0) is 21.7 Å². The summed E-state index contributed by atoms with van der Waals surface area (Å²) in [6, 6.07) is 7.55. The van der Waals surface area contributed by atoms with E-state index in [-0.39, 0.29) is 17.7 Å². The summed E-state index contributed by atoms with van der Waals surface area (Å²) in [4.78, 5) is 39.3. The number of hydrogen-bond donors (Lipinski definition) is 1. The molecule has 29 heavy (non-hydrogen) atoms. The lowest BCUT2D eigenvalue weighted by Crippen LogP contribution is -2.44. The number of nitrogens with zero attached hydrogens (tertiary/aromatic N) is 2. The smallest absolute Gasteiger partial charge is 0.325 e. The number of urea groups is 1. The van der Waals surface area contributed by atoms with Gasteiger partial charge in [-0.15, -0.1) is 0 Å². The lowest BCUT2D eigenvalue weighted by atomic mass is 9.91. The van der Waals surface area contributed by atoms with Gasteiger partial charge in [-0.3, -0.25) is 14.5 Å². The maximum atomic E-state index is 14.2. The lowest BCUT2D eigenvalue weighted by molar-refractivity contribution is -0.138. The summed E-state index contributed by atoms with van der Waals surface area (Å²) in [5, 5.41) is 2.32. The average molecular weight is 405 g/mol. The van der Waals surface area contributed by atoms with Crippen molar-refractivity contribution in [3.63, 3.8) is 0 Å². The average Bonchev–Trinajstić information content (AvgIpc) is 2.89. The Morgan fingerprint density at radius 2 is 1.79 bits per heavy atom. The molecule has 4 amide bonds. The van der Waals surface area contributed by atoms with Crippen molar-refractivity contribution >= 4 is 17.8 Å². The Morgan fingerprint density at radius 3 is 2.48 bits per heavy atom. The fraction of sp³-hybridized carbons (Fsp3) is 0.250.